The molecule has 0 atom stereocenters. The Morgan fingerprint density at radius 1 is 1.25 bits per heavy atom. The molecule has 2 aromatic rings. The minimum absolute atomic E-state index is 1.02. The number of nitrogens with one attached hydrogen (secondary N) is 2. The summed E-state index contributed by atoms with van der Waals surface area (Å²) in [7, 11) is 0. The van der Waals surface area contributed by atoms with E-state index in [9.17, 15) is 0 Å². The monoisotopic (exact) mass is 214 g/mol. The molecule has 0 aliphatic heterocycles. The van der Waals surface area contributed by atoms with E-state index < -0.39 is 0 Å². The summed E-state index contributed by atoms with van der Waals surface area (Å²) in [6.07, 6.45) is 6.16. The van der Waals surface area contributed by atoms with Crippen LogP contribution in [0.25, 0.3) is 10.9 Å². The maximum atomic E-state index is 3.70. The predicted molar refractivity (Wildman–Crippen MR) is 69.7 cm³/mol. The topological polar surface area (TPSA) is 27.8 Å². The lowest BCUT2D eigenvalue weighted by Gasteiger charge is -2.01. The quantitative estimate of drug-likeness (QED) is 0.561. The van der Waals surface area contributed by atoms with Gasteiger partial charge in [-0.3, -0.25) is 0 Å². The fourth-order valence-corrected chi connectivity index (χ4v) is 1.89. The molecule has 16 heavy (non-hydrogen) atoms. The van der Waals surface area contributed by atoms with Gasteiger partial charge in [-0.2, -0.15) is 0 Å². The lowest BCUT2D eigenvalue weighted by molar-refractivity contribution is 0.691. The average molecular weight is 214 g/mol. The SMILES string of the molecule is C=CCCNCCc1c[nH]c2ccccc12. The molecule has 2 heteroatoms. The molecule has 1 heterocycles. The van der Waals surface area contributed by atoms with E-state index in [4.69, 9.17) is 0 Å². The predicted octanol–water partition coefficient (Wildman–Crippen LogP) is 2.88. The number of benzene rings is 1. The number of aromatic nitrogens is 1. The molecule has 84 valence electrons. The molecule has 2 N–H and O–H groups in total. The fraction of sp³-hybridized carbons (Fsp3) is 0.286. The van der Waals surface area contributed by atoms with Crippen LogP contribution in [0, 0.1) is 0 Å². The van der Waals surface area contributed by atoms with Crippen molar-refractivity contribution < 1.29 is 0 Å². The highest BCUT2D eigenvalue weighted by Crippen LogP contribution is 2.17. The second kappa shape index (κ2) is 5.52. The van der Waals surface area contributed by atoms with Gasteiger partial charge < -0.3 is 10.3 Å². The van der Waals surface area contributed by atoms with E-state index in [1.165, 1.54) is 16.5 Å². The lowest BCUT2D eigenvalue weighted by Crippen LogP contribution is -2.17. The van der Waals surface area contributed by atoms with E-state index in [0.29, 0.717) is 0 Å². The van der Waals surface area contributed by atoms with Gasteiger partial charge in [-0.15, -0.1) is 6.58 Å². The number of hydrogen-bond acceptors (Lipinski definition) is 1. The van der Waals surface area contributed by atoms with Crippen molar-refractivity contribution in [3.63, 3.8) is 0 Å². The summed E-state index contributed by atoms with van der Waals surface area (Å²) in [4.78, 5) is 3.30. The molecule has 0 aliphatic carbocycles. The summed E-state index contributed by atoms with van der Waals surface area (Å²) in [5, 5.41) is 4.74. The van der Waals surface area contributed by atoms with Crippen LogP contribution in [0.5, 0.6) is 0 Å². The Balaban J connectivity index is 1.91. The Hall–Kier alpha value is -1.54. The van der Waals surface area contributed by atoms with E-state index in [-0.39, 0.29) is 0 Å². The molecule has 0 unspecified atom stereocenters. The molecule has 0 saturated heterocycles. The molecule has 0 amide bonds. The highest BCUT2D eigenvalue weighted by Gasteiger charge is 2.01. The Kier molecular flexibility index (Phi) is 3.78. The smallest absolute Gasteiger partial charge is 0.0456 e. The standard InChI is InChI=1S/C14H18N2/c1-2-3-9-15-10-8-12-11-16-14-7-5-4-6-13(12)14/h2,4-7,11,15-16H,1,3,8-10H2. The van der Waals surface area contributed by atoms with Crippen LogP contribution in [0.1, 0.15) is 12.0 Å². The Labute approximate surface area is 96.4 Å². The van der Waals surface area contributed by atoms with E-state index in [1.807, 2.05) is 6.08 Å². The zero-order valence-electron chi connectivity index (χ0n) is 9.50. The van der Waals surface area contributed by atoms with Gasteiger partial charge >= 0.3 is 0 Å². The number of fused-ring (bicyclic) bond motifs is 1. The molecule has 0 bridgehead atoms. The molecule has 0 spiro atoms. The van der Waals surface area contributed by atoms with E-state index in [2.05, 4.69) is 47.3 Å². The number of rotatable bonds is 6. The van der Waals surface area contributed by atoms with Gasteiger partial charge in [0, 0.05) is 17.1 Å². The molecule has 0 saturated carbocycles. The van der Waals surface area contributed by atoms with E-state index in [0.717, 1.165) is 25.9 Å². The summed E-state index contributed by atoms with van der Waals surface area (Å²) >= 11 is 0. The highest BCUT2D eigenvalue weighted by atomic mass is 14.8. The third-order valence-corrected chi connectivity index (χ3v) is 2.77. The molecule has 0 aliphatic rings. The van der Waals surface area contributed by atoms with Crippen LogP contribution in [0.15, 0.2) is 43.1 Å². The summed E-state index contributed by atoms with van der Waals surface area (Å²) < 4.78 is 0. The van der Waals surface area contributed by atoms with Crippen molar-refractivity contribution in [2.75, 3.05) is 13.1 Å². The van der Waals surface area contributed by atoms with Gasteiger partial charge in [0.15, 0.2) is 0 Å². The zero-order valence-corrected chi connectivity index (χ0v) is 9.50. The van der Waals surface area contributed by atoms with Crippen molar-refractivity contribution in [1.82, 2.24) is 10.3 Å². The molecule has 1 aromatic carbocycles. The summed E-state index contributed by atoms with van der Waals surface area (Å²) in [6, 6.07) is 8.44. The number of para-hydroxylation sites is 1. The first-order valence-electron chi connectivity index (χ1n) is 5.78. The van der Waals surface area contributed by atoms with Gasteiger partial charge in [-0.05, 0) is 37.6 Å². The third-order valence-electron chi connectivity index (χ3n) is 2.77. The van der Waals surface area contributed by atoms with E-state index >= 15 is 0 Å². The van der Waals surface area contributed by atoms with Crippen LogP contribution in [-0.2, 0) is 6.42 Å². The maximum absolute atomic E-state index is 3.70. The summed E-state index contributed by atoms with van der Waals surface area (Å²) in [6.45, 7) is 5.75. The van der Waals surface area contributed by atoms with Gasteiger partial charge in [0.1, 0.15) is 0 Å². The van der Waals surface area contributed by atoms with Crippen molar-refractivity contribution >= 4 is 10.9 Å². The second-order valence-electron chi connectivity index (χ2n) is 3.94. The lowest BCUT2D eigenvalue weighted by atomic mass is 10.1. The van der Waals surface area contributed by atoms with Gasteiger partial charge in [0.2, 0.25) is 0 Å². The summed E-state index contributed by atoms with van der Waals surface area (Å²) in [5.74, 6) is 0. The minimum atomic E-state index is 1.02. The fourth-order valence-electron chi connectivity index (χ4n) is 1.89. The van der Waals surface area contributed by atoms with Crippen molar-refractivity contribution in [3.05, 3.63) is 48.7 Å². The van der Waals surface area contributed by atoms with Crippen molar-refractivity contribution in [2.24, 2.45) is 0 Å². The van der Waals surface area contributed by atoms with Crippen molar-refractivity contribution in [2.45, 2.75) is 12.8 Å². The molecule has 1 aromatic heterocycles. The Bertz CT molecular complexity index is 456. The zero-order chi connectivity index (χ0) is 11.2. The average Bonchev–Trinajstić information content (AvgIpc) is 2.73. The molecule has 0 fully saturated rings. The van der Waals surface area contributed by atoms with Crippen LogP contribution >= 0.6 is 0 Å². The largest absolute Gasteiger partial charge is 0.361 e. The van der Waals surface area contributed by atoms with Crippen LogP contribution in [0.4, 0.5) is 0 Å². The van der Waals surface area contributed by atoms with Crippen molar-refractivity contribution in [1.29, 1.82) is 0 Å². The van der Waals surface area contributed by atoms with Gasteiger partial charge in [0.05, 0.1) is 0 Å². The molecular formula is C14H18N2. The highest BCUT2D eigenvalue weighted by molar-refractivity contribution is 5.83. The summed E-state index contributed by atoms with van der Waals surface area (Å²) in [5.41, 5.74) is 2.62. The second-order valence-corrected chi connectivity index (χ2v) is 3.94. The third kappa shape index (κ3) is 2.52. The number of H-pyrrole nitrogens is 1. The first-order valence-corrected chi connectivity index (χ1v) is 5.78. The van der Waals surface area contributed by atoms with Crippen molar-refractivity contribution in [3.8, 4) is 0 Å². The van der Waals surface area contributed by atoms with Crippen LogP contribution < -0.4 is 5.32 Å². The molecule has 2 rings (SSSR count). The Morgan fingerprint density at radius 3 is 3.00 bits per heavy atom. The molecule has 2 nitrogen and oxygen atoms in total. The van der Waals surface area contributed by atoms with Gasteiger partial charge in [-0.1, -0.05) is 24.3 Å². The number of hydrogen-bond donors (Lipinski definition) is 2. The van der Waals surface area contributed by atoms with E-state index in [1.54, 1.807) is 0 Å². The first kappa shape index (κ1) is 11.0. The minimum Gasteiger partial charge on any atom is -0.361 e. The number of aromatic amines is 1. The normalized spacial score (nSPS) is 10.8. The Morgan fingerprint density at radius 2 is 2.12 bits per heavy atom. The van der Waals surface area contributed by atoms with Gasteiger partial charge in [0.25, 0.3) is 0 Å². The first-order chi connectivity index (χ1) is 7.92. The van der Waals surface area contributed by atoms with Crippen LogP contribution in [0.3, 0.4) is 0 Å². The molecular weight excluding hydrogens is 196 g/mol. The van der Waals surface area contributed by atoms with Crippen LogP contribution in [-0.4, -0.2) is 18.1 Å². The maximum Gasteiger partial charge on any atom is 0.0456 e. The van der Waals surface area contributed by atoms with Gasteiger partial charge in [-0.25, -0.2) is 0 Å². The van der Waals surface area contributed by atoms with Crippen LogP contribution in [0.2, 0.25) is 0 Å². The molecule has 0 radical (unpaired) electrons.